The molecule has 2 amide bonds. The lowest BCUT2D eigenvalue weighted by atomic mass is 10.1. The van der Waals surface area contributed by atoms with Gasteiger partial charge in [0.05, 0.1) is 12.0 Å². The summed E-state index contributed by atoms with van der Waals surface area (Å²) in [4.78, 5) is 26.9. The Bertz CT molecular complexity index is 1250. The Hall–Kier alpha value is -3.36. The smallest absolute Gasteiger partial charge is 0.265 e. The molecule has 1 aliphatic rings. The molecular weight excluding hydrogens is 444 g/mol. The summed E-state index contributed by atoms with van der Waals surface area (Å²) in [6.45, 7) is -0.223. The van der Waals surface area contributed by atoms with Gasteiger partial charge in [-0.3, -0.25) is 14.5 Å². The molecule has 162 valence electrons. The number of methoxy groups -OCH3 is 1. The summed E-state index contributed by atoms with van der Waals surface area (Å²) in [7, 11) is 3.16. The van der Waals surface area contributed by atoms with E-state index in [4.69, 9.17) is 21.7 Å². The molecule has 1 aliphatic heterocycles. The van der Waals surface area contributed by atoms with Gasteiger partial charge in [0.25, 0.3) is 11.8 Å². The predicted molar refractivity (Wildman–Crippen MR) is 132 cm³/mol. The van der Waals surface area contributed by atoms with E-state index in [9.17, 15) is 9.59 Å². The van der Waals surface area contributed by atoms with E-state index < -0.39 is 0 Å². The Balaban J connectivity index is 1.54. The van der Waals surface area contributed by atoms with E-state index in [0.29, 0.717) is 32.0 Å². The molecule has 32 heavy (non-hydrogen) atoms. The maximum atomic E-state index is 12.6. The second-order valence-corrected chi connectivity index (χ2v) is 8.66. The van der Waals surface area contributed by atoms with Gasteiger partial charge in [-0.15, -0.1) is 0 Å². The molecule has 3 aromatic carbocycles. The number of thioether (sulfide) groups is 1. The molecule has 8 heteroatoms. The molecule has 0 bridgehead atoms. The normalized spacial score (nSPS) is 14.8. The SMILES string of the molecule is COc1cccc(/C=C2\SC(=S)N(C)C2=O)c1OCC(=O)Nc1cccc2ccccc12. The van der Waals surface area contributed by atoms with Crippen LogP contribution < -0.4 is 14.8 Å². The van der Waals surface area contributed by atoms with Crippen LogP contribution in [0, 0.1) is 0 Å². The third-order valence-electron chi connectivity index (χ3n) is 4.91. The highest BCUT2D eigenvalue weighted by atomic mass is 32.2. The average molecular weight is 465 g/mol. The molecule has 0 spiro atoms. The Labute approximate surface area is 195 Å². The van der Waals surface area contributed by atoms with E-state index in [1.807, 2.05) is 42.5 Å². The second-order valence-electron chi connectivity index (χ2n) is 6.98. The molecule has 0 unspecified atom stereocenters. The van der Waals surface area contributed by atoms with Crippen LogP contribution in [0.25, 0.3) is 16.8 Å². The van der Waals surface area contributed by atoms with Crippen LogP contribution in [0.3, 0.4) is 0 Å². The number of ether oxygens (including phenoxy) is 2. The number of para-hydroxylation sites is 1. The zero-order valence-electron chi connectivity index (χ0n) is 17.5. The molecule has 1 fully saturated rings. The number of rotatable bonds is 6. The maximum absolute atomic E-state index is 12.6. The Kier molecular flexibility index (Phi) is 6.43. The summed E-state index contributed by atoms with van der Waals surface area (Å²) in [6, 6.07) is 18.9. The number of anilines is 1. The predicted octanol–water partition coefficient (Wildman–Crippen LogP) is 4.70. The van der Waals surface area contributed by atoms with Crippen LogP contribution in [0.2, 0.25) is 0 Å². The van der Waals surface area contributed by atoms with Gasteiger partial charge in [-0.1, -0.05) is 72.5 Å². The molecule has 1 saturated heterocycles. The number of hydrogen-bond donors (Lipinski definition) is 1. The molecule has 0 aromatic heterocycles. The van der Waals surface area contributed by atoms with Gasteiger partial charge in [0.1, 0.15) is 4.32 Å². The summed E-state index contributed by atoms with van der Waals surface area (Å²) in [5.41, 5.74) is 1.33. The number of carbonyl (C=O) groups excluding carboxylic acids is 2. The number of carbonyl (C=O) groups is 2. The number of benzene rings is 3. The highest BCUT2D eigenvalue weighted by Gasteiger charge is 2.29. The van der Waals surface area contributed by atoms with Crippen LogP contribution in [0.15, 0.2) is 65.6 Å². The summed E-state index contributed by atoms with van der Waals surface area (Å²) in [5, 5.41) is 4.88. The average Bonchev–Trinajstić information content (AvgIpc) is 3.04. The summed E-state index contributed by atoms with van der Waals surface area (Å²) in [5.74, 6) is 0.355. The highest BCUT2D eigenvalue weighted by molar-refractivity contribution is 8.26. The molecule has 3 aromatic rings. The number of amides is 2. The largest absolute Gasteiger partial charge is 0.493 e. The van der Waals surface area contributed by atoms with Crippen molar-refractivity contribution in [2.75, 3.05) is 26.1 Å². The fraction of sp³-hybridized carbons (Fsp3) is 0.125. The van der Waals surface area contributed by atoms with Crippen molar-refractivity contribution in [2.24, 2.45) is 0 Å². The second kappa shape index (κ2) is 9.42. The summed E-state index contributed by atoms with van der Waals surface area (Å²) in [6.07, 6.45) is 1.70. The van der Waals surface area contributed by atoms with Gasteiger partial charge < -0.3 is 14.8 Å². The van der Waals surface area contributed by atoms with Crippen LogP contribution in [0.1, 0.15) is 5.56 Å². The number of nitrogens with zero attached hydrogens (tertiary/aromatic N) is 1. The molecule has 1 heterocycles. The number of thiocarbonyl (C=S) groups is 1. The third-order valence-corrected chi connectivity index (χ3v) is 6.40. The minimum absolute atomic E-state index is 0.178. The molecule has 1 N–H and O–H groups in total. The van der Waals surface area contributed by atoms with Gasteiger partial charge in [-0.25, -0.2) is 0 Å². The highest BCUT2D eigenvalue weighted by Crippen LogP contribution is 2.37. The lowest BCUT2D eigenvalue weighted by molar-refractivity contribution is -0.121. The van der Waals surface area contributed by atoms with Crippen LogP contribution in [0.5, 0.6) is 11.5 Å². The van der Waals surface area contributed by atoms with Gasteiger partial charge in [-0.2, -0.15) is 0 Å². The number of fused-ring (bicyclic) bond motifs is 1. The summed E-state index contributed by atoms with van der Waals surface area (Å²) < 4.78 is 11.8. The first kappa shape index (κ1) is 21.9. The van der Waals surface area contributed by atoms with Crippen LogP contribution in [-0.4, -0.2) is 41.8 Å². The molecule has 0 atom stereocenters. The van der Waals surface area contributed by atoms with Gasteiger partial charge >= 0.3 is 0 Å². The van der Waals surface area contributed by atoms with Crippen molar-refractivity contribution < 1.29 is 19.1 Å². The van der Waals surface area contributed by atoms with E-state index in [0.717, 1.165) is 10.8 Å². The Morgan fingerprint density at radius 2 is 1.88 bits per heavy atom. The first-order valence-electron chi connectivity index (χ1n) is 9.77. The number of likely N-dealkylation sites (N-methyl/N-ethyl adjacent to an activating group) is 1. The fourth-order valence-corrected chi connectivity index (χ4v) is 4.48. The van der Waals surface area contributed by atoms with Crippen molar-refractivity contribution in [3.63, 3.8) is 0 Å². The Morgan fingerprint density at radius 1 is 1.12 bits per heavy atom. The molecular formula is C24H20N2O4S2. The van der Waals surface area contributed by atoms with Crippen LogP contribution in [-0.2, 0) is 9.59 Å². The fourth-order valence-electron chi connectivity index (χ4n) is 3.31. The van der Waals surface area contributed by atoms with Crippen LogP contribution >= 0.6 is 24.0 Å². The first-order chi connectivity index (χ1) is 15.5. The molecule has 0 radical (unpaired) electrons. The zero-order chi connectivity index (χ0) is 22.7. The standard InChI is InChI=1S/C24H20N2O4S2/c1-26-23(28)20(32-24(26)31)13-16-9-6-12-19(29-2)22(16)30-14-21(27)25-18-11-5-8-15-7-3-4-10-17(15)18/h3-13H,14H2,1-2H3,(H,25,27)/b20-13-. The van der Waals surface area contributed by atoms with E-state index in [-0.39, 0.29) is 18.4 Å². The minimum Gasteiger partial charge on any atom is -0.493 e. The van der Waals surface area contributed by atoms with Gasteiger partial charge in [-0.05, 0) is 23.6 Å². The molecule has 6 nitrogen and oxygen atoms in total. The molecule has 4 rings (SSSR count). The van der Waals surface area contributed by atoms with E-state index in [1.54, 1.807) is 31.3 Å². The minimum atomic E-state index is -0.307. The first-order valence-corrected chi connectivity index (χ1v) is 11.0. The third kappa shape index (κ3) is 4.46. The lowest BCUT2D eigenvalue weighted by Crippen LogP contribution is -2.22. The van der Waals surface area contributed by atoms with Crippen molar-refractivity contribution in [3.8, 4) is 11.5 Å². The number of hydrogen-bond acceptors (Lipinski definition) is 6. The van der Waals surface area contributed by atoms with Crippen molar-refractivity contribution in [3.05, 3.63) is 71.1 Å². The van der Waals surface area contributed by atoms with Crippen molar-refractivity contribution in [2.45, 2.75) is 0 Å². The van der Waals surface area contributed by atoms with Gasteiger partial charge in [0, 0.05) is 23.7 Å². The summed E-state index contributed by atoms with van der Waals surface area (Å²) >= 11 is 6.41. The lowest BCUT2D eigenvalue weighted by Gasteiger charge is -2.14. The molecule has 0 saturated carbocycles. The monoisotopic (exact) mass is 464 g/mol. The zero-order valence-corrected chi connectivity index (χ0v) is 19.1. The van der Waals surface area contributed by atoms with Crippen LogP contribution in [0.4, 0.5) is 5.69 Å². The van der Waals surface area contributed by atoms with Gasteiger partial charge in [0.2, 0.25) is 0 Å². The van der Waals surface area contributed by atoms with E-state index in [1.165, 1.54) is 23.8 Å². The quantitative estimate of drug-likeness (QED) is 0.421. The van der Waals surface area contributed by atoms with Crippen molar-refractivity contribution in [1.29, 1.82) is 0 Å². The Morgan fingerprint density at radius 3 is 2.62 bits per heavy atom. The maximum Gasteiger partial charge on any atom is 0.265 e. The number of nitrogens with one attached hydrogen (secondary N) is 1. The topological polar surface area (TPSA) is 67.9 Å². The van der Waals surface area contributed by atoms with E-state index in [2.05, 4.69) is 5.32 Å². The van der Waals surface area contributed by atoms with E-state index >= 15 is 0 Å². The van der Waals surface area contributed by atoms with Gasteiger partial charge in [0.15, 0.2) is 18.1 Å². The van der Waals surface area contributed by atoms with Crippen molar-refractivity contribution in [1.82, 2.24) is 4.90 Å². The van der Waals surface area contributed by atoms with Crippen molar-refractivity contribution >= 4 is 62.7 Å². The molecule has 0 aliphatic carbocycles.